The molecule has 0 radical (unpaired) electrons. The van der Waals surface area contributed by atoms with Crippen LogP contribution in [0.2, 0.25) is 0 Å². The van der Waals surface area contributed by atoms with Crippen LogP contribution < -0.4 is 9.80 Å². The van der Waals surface area contributed by atoms with Crippen LogP contribution >= 0.6 is 0 Å². The number of anilines is 2. The molecule has 37 heavy (non-hydrogen) atoms. The number of aliphatic hydroxyl groups excluding tert-OH is 1. The van der Waals surface area contributed by atoms with E-state index in [-0.39, 0.29) is 11.3 Å². The molecule has 1 amide bonds. The fourth-order valence-electron chi connectivity index (χ4n) is 5.60. The van der Waals surface area contributed by atoms with Gasteiger partial charge in [0.25, 0.3) is 11.7 Å². The van der Waals surface area contributed by atoms with Crippen LogP contribution in [0.15, 0.2) is 103 Å². The molecule has 2 fully saturated rings. The molecule has 5 nitrogen and oxygen atoms in total. The monoisotopic (exact) mass is 488 g/mol. The van der Waals surface area contributed by atoms with E-state index in [1.807, 2.05) is 91.0 Å². The van der Waals surface area contributed by atoms with Crippen LogP contribution in [0.4, 0.5) is 11.4 Å². The zero-order chi connectivity index (χ0) is 25.4. The summed E-state index contributed by atoms with van der Waals surface area (Å²) in [6.07, 6.45) is 3.62. The van der Waals surface area contributed by atoms with E-state index in [2.05, 4.69) is 4.90 Å². The first-order valence-corrected chi connectivity index (χ1v) is 12.8. The molecule has 4 aromatic carbocycles. The highest BCUT2D eigenvalue weighted by Gasteiger charge is 2.47. The summed E-state index contributed by atoms with van der Waals surface area (Å²) in [6.45, 7) is 2.05. The van der Waals surface area contributed by atoms with Crippen molar-refractivity contribution in [2.75, 3.05) is 22.9 Å². The Balaban J connectivity index is 1.48. The number of hydrogen-bond donors (Lipinski definition) is 1. The van der Waals surface area contributed by atoms with E-state index >= 15 is 0 Å². The summed E-state index contributed by atoms with van der Waals surface area (Å²) in [5, 5.41) is 13.4. The van der Waals surface area contributed by atoms with Crippen molar-refractivity contribution in [3.05, 3.63) is 114 Å². The van der Waals surface area contributed by atoms with Crippen molar-refractivity contribution in [3.8, 4) is 0 Å². The Hall–Kier alpha value is -4.38. The molecule has 2 aliphatic rings. The Kier molecular flexibility index (Phi) is 5.97. The van der Waals surface area contributed by atoms with E-state index < -0.39 is 17.7 Å². The van der Waals surface area contributed by atoms with Gasteiger partial charge in [0.05, 0.1) is 11.6 Å². The average molecular weight is 489 g/mol. The van der Waals surface area contributed by atoms with Crippen LogP contribution in [-0.4, -0.2) is 29.9 Å². The SMILES string of the molecule is O=C1C(=O)N(c2ccc(N3CCCCC3)cc2)C(c2ccccc2)/C1=C(/O)c1cccc2ccccc12. The maximum atomic E-state index is 13.5. The number of ketones is 1. The summed E-state index contributed by atoms with van der Waals surface area (Å²) >= 11 is 0. The van der Waals surface area contributed by atoms with Gasteiger partial charge in [0.2, 0.25) is 0 Å². The van der Waals surface area contributed by atoms with Crippen molar-refractivity contribution in [3.63, 3.8) is 0 Å². The fraction of sp³-hybridized carbons (Fsp3) is 0.188. The van der Waals surface area contributed by atoms with E-state index in [4.69, 9.17) is 0 Å². The second-order valence-electron chi connectivity index (χ2n) is 9.67. The minimum absolute atomic E-state index is 0.104. The maximum Gasteiger partial charge on any atom is 0.300 e. The Morgan fingerprint density at radius 3 is 2.11 bits per heavy atom. The van der Waals surface area contributed by atoms with Gasteiger partial charge < -0.3 is 10.0 Å². The van der Waals surface area contributed by atoms with Gasteiger partial charge in [-0.15, -0.1) is 0 Å². The zero-order valence-electron chi connectivity index (χ0n) is 20.5. The predicted molar refractivity (Wildman–Crippen MR) is 148 cm³/mol. The quantitative estimate of drug-likeness (QED) is 0.204. The molecule has 2 aliphatic heterocycles. The molecular weight excluding hydrogens is 460 g/mol. The third kappa shape index (κ3) is 4.06. The Morgan fingerprint density at radius 2 is 1.35 bits per heavy atom. The Morgan fingerprint density at radius 1 is 0.703 bits per heavy atom. The number of Topliss-reactive ketones (excluding diaryl/α,β-unsaturated/α-hetero) is 1. The lowest BCUT2D eigenvalue weighted by molar-refractivity contribution is -0.132. The summed E-state index contributed by atoms with van der Waals surface area (Å²) in [7, 11) is 0. The summed E-state index contributed by atoms with van der Waals surface area (Å²) in [6, 6.07) is 29.9. The van der Waals surface area contributed by atoms with E-state index in [9.17, 15) is 14.7 Å². The highest BCUT2D eigenvalue weighted by atomic mass is 16.3. The molecule has 184 valence electrons. The van der Waals surface area contributed by atoms with Gasteiger partial charge in [0.1, 0.15) is 5.76 Å². The number of fused-ring (bicyclic) bond motifs is 1. The summed E-state index contributed by atoms with van der Waals surface area (Å²) in [5.41, 5.74) is 3.16. The molecule has 0 spiro atoms. The lowest BCUT2D eigenvalue weighted by Crippen LogP contribution is -2.30. The molecule has 2 heterocycles. The first kappa shape index (κ1) is 23.0. The second-order valence-corrected chi connectivity index (χ2v) is 9.67. The number of benzene rings is 4. The third-order valence-electron chi connectivity index (χ3n) is 7.45. The van der Waals surface area contributed by atoms with Gasteiger partial charge in [-0.25, -0.2) is 0 Å². The molecular formula is C32H28N2O3. The highest BCUT2D eigenvalue weighted by molar-refractivity contribution is 6.51. The van der Waals surface area contributed by atoms with Crippen LogP contribution in [-0.2, 0) is 9.59 Å². The van der Waals surface area contributed by atoms with Gasteiger partial charge >= 0.3 is 0 Å². The van der Waals surface area contributed by atoms with Gasteiger partial charge in [0.15, 0.2) is 0 Å². The third-order valence-corrected chi connectivity index (χ3v) is 7.45. The number of rotatable bonds is 4. The minimum atomic E-state index is -0.735. The summed E-state index contributed by atoms with van der Waals surface area (Å²) in [5.74, 6) is -1.47. The lowest BCUT2D eigenvalue weighted by atomic mass is 9.93. The number of aliphatic hydroxyl groups is 1. The minimum Gasteiger partial charge on any atom is -0.507 e. The Labute approximate surface area is 216 Å². The number of amides is 1. The first-order valence-electron chi connectivity index (χ1n) is 12.8. The van der Waals surface area contributed by atoms with E-state index in [1.54, 1.807) is 6.07 Å². The second kappa shape index (κ2) is 9.58. The molecule has 5 heteroatoms. The van der Waals surface area contributed by atoms with Crippen LogP contribution in [0.3, 0.4) is 0 Å². The predicted octanol–water partition coefficient (Wildman–Crippen LogP) is 6.46. The molecule has 1 N–H and O–H groups in total. The van der Waals surface area contributed by atoms with Gasteiger partial charge in [-0.1, -0.05) is 72.8 Å². The molecule has 4 aromatic rings. The number of carbonyl (C=O) groups excluding carboxylic acids is 2. The van der Waals surface area contributed by atoms with Gasteiger partial charge in [-0.05, 0) is 59.9 Å². The highest BCUT2D eigenvalue weighted by Crippen LogP contribution is 2.43. The van der Waals surface area contributed by atoms with E-state index in [1.165, 1.54) is 24.2 Å². The van der Waals surface area contributed by atoms with Crippen molar-refractivity contribution < 1.29 is 14.7 Å². The van der Waals surface area contributed by atoms with Gasteiger partial charge in [0, 0.05) is 30.0 Å². The maximum absolute atomic E-state index is 13.5. The van der Waals surface area contributed by atoms with Crippen molar-refractivity contribution in [1.29, 1.82) is 0 Å². The number of carbonyl (C=O) groups is 2. The van der Waals surface area contributed by atoms with Crippen molar-refractivity contribution in [2.24, 2.45) is 0 Å². The fourth-order valence-corrected chi connectivity index (χ4v) is 5.60. The first-order chi connectivity index (χ1) is 18.1. The van der Waals surface area contributed by atoms with Crippen LogP contribution in [0.25, 0.3) is 16.5 Å². The topological polar surface area (TPSA) is 60.9 Å². The van der Waals surface area contributed by atoms with Crippen molar-refractivity contribution >= 4 is 39.6 Å². The molecule has 0 saturated carbocycles. The smallest absolute Gasteiger partial charge is 0.300 e. The van der Waals surface area contributed by atoms with Crippen LogP contribution in [0.1, 0.15) is 36.4 Å². The largest absolute Gasteiger partial charge is 0.507 e. The number of piperidine rings is 1. The lowest BCUT2D eigenvalue weighted by Gasteiger charge is -2.30. The van der Waals surface area contributed by atoms with Gasteiger partial charge in [-0.2, -0.15) is 0 Å². The average Bonchev–Trinajstić information content (AvgIpc) is 3.23. The molecule has 0 bridgehead atoms. The normalized spacial score (nSPS) is 19.5. The Bertz CT molecular complexity index is 1500. The van der Waals surface area contributed by atoms with Crippen LogP contribution in [0, 0.1) is 0 Å². The molecule has 0 aliphatic carbocycles. The number of nitrogens with zero attached hydrogens (tertiary/aromatic N) is 2. The van der Waals surface area contributed by atoms with Gasteiger partial charge in [-0.3, -0.25) is 14.5 Å². The van der Waals surface area contributed by atoms with E-state index in [0.717, 1.165) is 35.1 Å². The van der Waals surface area contributed by atoms with Crippen LogP contribution in [0.5, 0.6) is 0 Å². The molecule has 1 unspecified atom stereocenters. The molecule has 1 atom stereocenters. The standard InChI is InChI=1S/C32H28N2O3/c35-30(27-15-9-13-22-10-5-6-14-26(22)27)28-29(23-11-3-1-4-12-23)34(32(37)31(28)36)25-18-16-24(17-19-25)33-20-7-2-8-21-33/h1,3-6,9-19,29,35H,2,7-8,20-21H2/b30-28-. The molecule has 6 rings (SSSR count). The number of hydrogen-bond acceptors (Lipinski definition) is 4. The van der Waals surface area contributed by atoms with E-state index in [0.29, 0.717) is 11.3 Å². The van der Waals surface area contributed by atoms with Crippen molar-refractivity contribution in [2.45, 2.75) is 25.3 Å². The summed E-state index contributed by atoms with van der Waals surface area (Å²) < 4.78 is 0. The van der Waals surface area contributed by atoms with Crippen molar-refractivity contribution in [1.82, 2.24) is 0 Å². The zero-order valence-corrected chi connectivity index (χ0v) is 20.5. The summed E-state index contributed by atoms with van der Waals surface area (Å²) in [4.78, 5) is 30.9. The molecule has 2 saturated heterocycles. The molecule has 0 aromatic heterocycles.